The highest BCUT2D eigenvalue weighted by Crippen LogP contribution is 2.32. The molecule has 2 heterocycles. The van der Waals surface area contributed by atoms with Gasteiger partial charge in [0.1, 0.15) is 4.88 Å². The molecular formula is C19H20N4O3S. The van der Waals surface area contributed by atoms with E-state index in [0.717, 1.165) is 22.6 Å². The summed E-state index contributed by atoms with van der Waals surface area (Å²) < 4.78 is 6.88. The number of thiazole rings is 1. The van der Waals surface area contributed by atoms with Crippen LogP contribution in [0.15, 0.2) is 36.4 Å². The molecule has 0 spiro atoms. The molecule has 0 bridgehead atoms. The zero-order chi connectivity index (χ0) is 19.4. The number of rotatable bonds is 6. The monoisotopic (exact) mass is 384 g/mol. The standard InChI is InChI=1S/C19H20N4O3S/c1-4-23-12(3)11-14(22-23)17(24)21-19-20-15(13-9-7-6-8-10-13)16(27-19)18(25)26-5-2/h6-11H,4-5H2,1-3H3,(H,20,21,24). The molecule has 7 nitrogen and oxygen atoms in total. The van der Waals surface area contributed by atoms with Crippen LogP contribution >= 0.6 is 11.3 Å². The van der Waals surface area contributed by atoms with Crippen molar-refractivity contribution >= 4 is 28.3 Å². The van der Waals surface area contributed by atoms with E-state index < -0.39 is 5.97 Å². The van der Waals surface area contributed by atoms with Gasteiger partial charge >= 0.3 is 5.97 Å². The van der Waals surface area contributed by atoms with E-state index in [9.17, 15) is 9.59 Å². The van der Waals surface area contributed by atoms with Crippen molar-refractivity contribution in [3.05, 3.63) is 52.7 Å². The maximum Gasteiger partial charge on any atom is 0.350 e. The van der Waals surface area contributed by atoms with Crippen molar-refractivity contribution in [3.63, 3.8) is 0 Å². The molecule has 0 aliphatic rings. The number of esters is 1. The second-order valence-electron chi connectivity index (χ2n) is 5.72. The first-order valence-electron chi connectivity index (χ1n) is 8.62. The molecule has 0 aliphatic heterocycles. The Balaban J connectivity index is 1.91. The van der Waals surface area contributed by atoms with Crippen molar-refractivity contribution < 1.29 is 14.3 Å². The highest BCUT2D eigenvalue weighted by Gasteiger charge is 2.22. The maximum atomic E-state index is 12.5. The number of amides is 1. The predicted molar refractivity (Wildman–Crippen MR) is 104 cm³/mol. The molecule has 1 aromatic carbocycles. The number of benzene rings is 1. The number of carbonyl (C=O) groups excluding carboxylic acids is 2. The Hall–Kier alpha value is -3.00. The minimum atomic E-state index is -0.458. The molecule has 3 aromatic rings. The van der Waals surface area contributed by atoms with Gasteiger partial charge in [-0.05, 0) is 26.8 Å². The van der Waals surface area contributed by atoms with Crippen molar-refractivity contribution in [2.24, 2.45) is 0 Å². The molecular weight excluding hydrogens is 364 g/mol. The fraction of sp³-hybridized carbons (Fsp3) is 0.263. The van der Waals surface area contributed by atoms with Crippen molar-refractivity contribution in [2.75, 3.05) is 11.9 Å². The largest absolute Gasteiger partial charge is 0.462 e. The number of aryl methyl sites for hydroxylation is 2. The third-order valence-corrected chi connectivity index (χ3v) is 4.82. The minimum absolute atomic E-state index is 0.264. The summed E-state index contributed by atoms with van der Waals surface area (Å²) >= 11 is 1.09. The van der Waals surface area contributed by atoms with Gasteiger partial charge in [-0.15, -0.1) is 0 Å². The van der Waals surface area contributed by atoms with Crippen molar-refractivity contribution in [2.45, 2.75) is 27.3 Å². The number of carbonyl (C=O) groups is 2. The lowest BCUT2D eigenvalue weighted by atomic mass is 10.1. The van der Waals surface area contributed by atoms with Crippen LogP contribution in [0, 0.1) is 6.92 Å². The molecule has 2 aromatic heterocycles. The molecule has 0 saturated carbocycles. The first-order chi connectivity index (χ1) is 13.0. The van der Waals surface area contributed by atoms with E-state index in [1.807, 2.05) is 44.2 Å². The highest BCUT2D eigenvalue weighted by atomic mass is 32.1. The van der Waals surface area contributed by atoms with Crippen LogP contribution in [-0.4, -0.2) is 33.2 Å². The lowest BCUT2D eigenvalue weighted by molar-refractivity contribution is 0.0532. The number of ether oxygens (including phenoxy) is 1. The number of anilines is 1. The van der Waals surface area contributed by atoms with E-state index in [1.54, 1.807) is 17.7 Å². The second kappa shape index (κ2) is 8.13. The van der Waals surface area contributed by atoms with Crippen molar-refractivity contribution in [3.8, 4) is 11.3 Å². The van der Waals surface area contributed by atoms with Gasteiger partial charge < -0.3 is 4.74 Å². The number of nitrogens with zero attached hydrogens (tertiary/aromatic N) is 3. The molecule has 0 aliphatic carbocycles. The molecule has 1 amide bonds. The first kappa shape index (κ1) is 18.8. The SMILES string of the molecule is CCOC(=O)c1sc(NC(=O)c2cc(C)n(CC)n2)nc1-c1ccccc1. The molecule has 0 fully saturated rings. The number of nitrogens with one attached hydrogen (secondary N) is 1. The van der Waals surface area contributed by atoms with Gasteiger partial charge in [-0.1, -0.05) is 41.7 Å². The summed E-state index contributed by atoms with van der Waals surface area (Å²) in [5, 5.41) is 7.33. The first-order valence-corrected chi connectivity index (χ1v) is 9.44. The van der Waals surface area contributed by atoms with E-state index in [2.05, 4.69) is 15.4 Å². The Morgan fingerprint density at radius 3 is 2.59 bits per heavy atom. The fourth-order valence-corrected chi connectivity index (χ4v) is 3.48. The van der Waals surface area contributed by atoms with Gasteiger partial charge in [0.2, 0.25) is 0 Å². The number of hydrogen-bond donors (Lipinski definition) is 1. The molecule has 27 heavy (non-hydrogen) atoms. The van der Waals surface area contributed by atoms with Crippen LogP contribution in [0.2, 0.25) is 0 Å². The van der Waals surface area contributed by atoms with Gasteiger partial charge in [0.05, 0.1) is 12.3 Å². The summed E-state index contributed by atoms with van der Waals surface area (Å²) in [5.41, 5.74) is 2.48. The Kier molecular flexibility index (Phi) is 5.66. The smallest absolute Gasteiger partial charge is 0.350 e. The molecule has 140 valence electrons. The van der Waals surface area contributed by atoms with E-state index in [0.29, 0.717) is 27.9 Å². The number of hydrogen-bond acceptors (Lipinski definition) is 6. The quantitative estimate of drug-likeness (QED) is 0.654. The summed E-state index contributed by atoms with van der Waals surface area (Å²) in [4.78, 5) is 29.6. The predicted octanol–water partition coefficient (Wildman–Crippen LogP) is 3.76. The minimum Gasteiger partial charge on any atom is -0.462 e. The molecule has 0 radical (unpaired) electrons. The Morgan fingerprint density at radius 2 is 1.96 bits per heavy atom. The van der Waals surface area contributed by atoms with Crippen LogP contribution in [-0.2, 0) is 11.3 Å². The van der Waals surface area contributed by atoms with Gasteiger partial charge in [0.25, 0.3) is 5.91 Å². The van der Waals surface area contributed by atoms with Crippen LogP contribution < -0.4 is 5.32 Å². The normalized spacial score (nSPS) is 10.6. The van der Waals surface area contributed by atoms with Crippen LogP contribution in [0.3, 0.4) is 0 Å². The van der Waals surface area contributed by atoms with E-state index >= 15 is 0 Å². The summed E-state index contributed by atoms with van der Waals surface area (Å²) in [6.07, 6.45) is 0. The Labute approximate surface area is 161 Å². The van der Waals surface area contributed by atoms with Crippen LogP contribution in [0.25, 0.3) is 11.3 Å². The fourth-order valence-electron chi connectivity index (χ4n) is 2.60. The van der Waals surface area contributed by atoms with Gasteiger partial charge in [-0.25, -0.2) is 9.78 Å². The summed E-state index contributed by atoms with van der Waals surface area (Å²) in [7, 11) is 0. The molecule has 0 atom stereocenters. The molecule has 3 rings (SSSR count). The molecule has 8 heteroatoms. The lowest BCUT2D eigenvalue weighted by Gasteiger charge is -2.01. The van der Waals surface area contributed by atoms with Gasteiger partial charge in [0.15, 0.2) is 10.8 Å². The molecule has 1 N–H and O–H groups in total. The van der Waals surface area contributed by atoms with Crippen molar-refractivity contribution in [1.82, 2.24) is 14.8 Å². The average Bonchev–Trinajstić information content (AvgIpc) is 3.26. The van der Waals surface area contributed by atoms with Crippen LogP contribution in [0.5, 0.6) is 0 Å². The Bertz CT molecular complexity index is 963. The van der Waals surface area contributed by atoms with E-state index in [1.165, 1.54) is 0 Å². The summed E-state index contributed by atoms with van der Waals surface area (Å²) in [5.74, 6) is -0.825. The van der Waals surface area contributed by atoms with Gasteiger partial charge in [-0.2, -0.15) is 5.10 Å². The topological polar surface area (TPSA) is 86.1 Å². The maximum absolute atomic E-state index is 12.5. The van der Waals surface area contributed by atoms with E-state index in [-0.39, 0.29) is 12.5 Å². The molecule has 0 saturated heterocycles. The lowest BCUT2D eigenvalue weighted by Crippen LogP contribution is -2.13. The molecule has 0 unspecified atom stereocenters. The third kappa shape index (κ3) is 4.06. The second-order valence-corrected chi connectivity index (χ2v) is 6.72. The van der Waals surface area contributed by atoms with Crippen LogP contribution in [0.4, 0.5) is 5.13 Å². The number of aromatic nitrogens is 3. The summed E-state index contributed by atoms with van der Waals surface area (Å²) in [6, 6.07) is 11.0. The zero-order valence-corrected chi connectivity index (χ0v) is 16.2. The summed E-state index contributed by atoms with van der Waals surface area (Å²) in [6.45, 7) is 6.54. The third-order valence-electron chi connectivity index (χ3n) is 3.87. The van der Waals surface area contributed by atoms with Crippen molar-refractivity contribution in [1.29, 1.82) is 0 Å². The highest BCUT2D eigenvalue weighted by molar-refractivity contribution is 7.18. The average molecular weight is 384 g/mol. The zero-order valence-electron chi connectivity index (χ0n) is 15.4. The Morgan fingerprint density at radius 1 is 1.22 bits per heavy atom. The van der Waals surface area contributed by atoms with Gasteiger partial charge in [-0.3, -0.25) is 14.8 Å². The van der Waals surface area contributed by atoms with Gasteiger partial charge in [0, 0.05) is 17.8 Å². The van der Waals surface area contributed by atoms with E-state index in [4.69, 9.17) is 4.74 Å². The van der Waals surface area contributed by atoms with Crippen LogP contribution in [0.1, 0.15) is 39.7 Å².